The maximum absolute atomic E-state index is 9.71. The third-order valence-electron chi connectivity index (χ3n) is 3.17. The average Bonchev–Trinajstić information content (AvgIpc) is 2.34. The molecular weight excluding hydrogens is 222 g/mol. The number of benzene rings is 1. The summed E-state index contributed by atoms with van der Waals surface area (Å²) in [5, 5.41) is 9.71. The molecule has 1 aromatic carbocycles. The molecule has 1 N–H and O–H groups in total. The summed E-state index contributed by atoms with van der Waals surface area (Å²) >= 11 is 0. The molecule has 0 radical (unpaired) electrons. The van der Waals surface area contributed by atoms with Crippen molar-refractivity contribution < 1.29 is 5.11 Å². The number of hydrogen-bond donors (Lipinski definition) is 1. The second kappa shape index (κ2) is 9.12. The molecule has 0 fully saturated rings. The van der Waals surface area contributed by atoms with Gasteiger partial charge < -0.3 is 10.0 Å². The van der Waals surface area contributed by atoms with Crippen LogP contribution in [0.5, 0.6) is 0 Å². The number of rotatable bonds is 9. The average molecular weight is 249 g/mol. The van der Waals surface area contributed by atoms with Crippen LogP contribution in [0.15, 0.2) is 30.3 Å². The Labute approximate surface area is 112 Å². The fourth-order valence-corrected chi connectivity index (χ4v) is 2.22. The van der Waals surface area contributed by atoms with E-state index < -0.39 is 0 Å². The lowest BCUT2D eigenvalue weighted by Crippen LogP contribution is -2.25. The van der Waals surface area contributed by atoms with Gasteiger partial charge in [0.15, 0.2) is 0 Å². The molecule has 1 atom stereocenters. The van der Waals surface area contributed by atoms with E-state index in [0.29, 0.717) is 0 Å². The van der Waals surface area contributed by atoms with E-state index in [1.807, 2.05) is 19.0 Å². The third kappa shape index (κ3) is 7.46. The highest BCUT2D eigenvalue weighted by atomic mass is 16.3. The van der Waals surface area contributed by atoms with Gasteiger partial charge in [-0.1, -0.05) is 49.6 Å². The van der Waals surface area contributed by atoms with Crippen LogP contribution in [0.2, 0.25) is 0 Å². The smallest absolute Gasteiger partial charge is 0.0666 e. The van der Waals surface area contributed by atoms with Crippen molar-refractivity contribution in [3.8, 4) is 0 Å². The standard InChI is InChI=1S/C16H27NO/c1-17(2)14-16(18)13-9-4-3-6-10-15-11-7-5-8-12-15/h5,7-8,11-12,16,18H,3-4,6,9-10,13-14H2,1-2H3/t16-/m1/s1. The molecule has 0 aliphatic carbocycles. The van der Waals surface area contributed by atoms with Gasteiger partial charge in [-0.2, -0.15) is 0 Å². The Hall–Kier alpha value is -0.860. The molecule has 2 heteroatoms. The lowest BCUT2D eigenvalue weighted by atomic mass is 10.0. The van der Waals surface area contributed by atoms with Crippen molar-refractivity contribution in [1.29, 1.82) is 0 Å². The first-order chi connectivity index (χ1) is 8.68. The number of aliphatic hydroxyl groups excluding tert-OH is 1. The Morgan fingerprint density at radius 2 is 1.67 bits per heavy atom. The molecule has 0 amide bonds. The van der Waals surface area contributed by atoms with Gasteiger partial charge >= 0.3 is 0 Å². The van der Waals surface area contributed by atoms with Gasteiger partial charge in [-0.05, 0) is 38.9 Å². The fourth-order valence-electron chi connectivity index (χ4n) is 2.22. The molecule has 0 aliphatic heterocycles. The molecule has 1 rings (SSSR count). The maximum atomic E-state index is 9.71. The summed E-state index contributed by atoms with van der Waals surface area (Å²) < 4.78 is 0. The van der Waals surface area contributed by atoms with Crippen LogP contribution in [0.3, 0.4) is 0 Å². The van der Waals surface area contributed by atoms with Crippen LogP contribution < -0.4 is 0 Å². The summed E-state index contributed by atoms with van der Waals surface area (Å²) in [7, 11) is 4.01. The predicted octanol–water partition coefficient (Wildman–Crippen LogP) is 3.10. The van der Waals surface area contributed by atoms with Crippen molar-refractivity contribution in [2.75, 3.05) is 20.6 Å². The molecule has 0 unspecified atom stereocenters. The summed E-state index contributed by atoms with van der Waals surface area (Å²) in [6, 6.07) is 10.7. The zero-order valence-corrected chi connectivity index (χ0v) is 11.8. The summed E-state index contributed by atoms with van der Waals surface area (Å²) in [4.78, 5) is 2.04. The van der Waals surface area contributed by atoms with Crippen LogP contribution >= 0.6 is 0 Å². The van der Waals surface area contributed by atoms with Crippen LogP contribution in [0.25, 0.3) is 0 Å². The summed E-state index contributed by atoms with van der Waals surface area (Å²) in [6.45, 7) is 0.782. The van der Waals surface area contributed by atoms with E-state index in [4.69, 9.17) is 0 Å². The number of aliphatic hydroxyl groups is 1. The zero-order valence-electron chi connectivity index (χ0n) is 11.8. The molecule has 102 valence electrons. The topological polar surface area (TPSA) is 23.5 Å². The Bertz CT molecular complexity index is 297. The van der Waals surface area contributed by atoms with Crippen molar-refractivity contribution in [3.05, 3.63) is 35.9 Å². The first-order valence-corrected chi connectivity index (χ1v) is 7.05. The van der Waals surface area contributed by atoms with E-state index in [-0.39, 0.29) is 6.10 Å². The van der Waals surface area contributed by atoms with Crippen LogP contribution in [0.1, 0.15) is 37.7 Å². The quantitative estimate of drug-likeness (QED) is 0.680. The molecule has 18 heavy (non-hydrogen) atoms. The van der Waals surface area contributed by atoms with E-state index >= 15 is 0 Å². The number of unbranched alkanes of at least 4 members (excludes halogenated alkanes) is 3. The van der Waals surface area contributed by atoms with Crippen LogP contribution in [-0.2, 0) is 6.42 Å². The predicted molar refractivity (Wildman–Crippen MR) is 77.8 cm³/mol. The highest BCUT2D eigenvalue weighted by molar-refractivity contribution is 5.14. The van der Waals surface area contributed by atoms with E-state index in [1.165, 1.54) is 31.2 Å². The van der Waals surface area contributed by atoms with Crippen LogP contribution in [0.4, 0.5) is 0 Å². The van der Waals surface area contributed by atoms with Gasteiger partial charge in [0.05, 0.1) is 6.10 Å². The van der Waals surface area contributed by atoms with Crippen molar-refractivity contribution in [1.82, 2.24) is 4.90 Å². The number of likely N-dealkylation sites (N-methyl/N-ethyl adjacent to an activating group) is 1. The fraction of sp³-hybridized carbons (Fsp3) is 0.625. The summed E-state index contributed by atoms with van der Waals surface area (Å²) in [5.74, 6) is 0. The molecule has 0 spiro atoms. The number of nitrogens with zero attached hydrogens (tertiary/aromatic N) is 1. The number of hydrogen-bond acceptors (Lipinski definition) is 2. The minimum Gasteiger partial charge on any atom is -0.392 e. The van der Waals surface area contributed by atoms with E-state index in [2.05, 4.69) is 30.3 Å². The van der Waals surface area contributed by atoms with Gasteiger partial charge in [0, 0.05) is 6.54 Å². The molecular formula is C16H27NO. The van der Waals surface area contributed by atoms with Gasteiger partial charge in [-0.3, -0.25) is 0 Å². The highest BCUT2D eigenvalue weighted by Gasteiger charge is 2.04. The minimum absolute atomic E-state index is 0.158. The Morgan fingerprint density at radius 3 is 2.33 bits per heavy atom. The van der Waals surface area contributed by atoms with Gasteiger partial charge in [0.25, 0.3) is 0 Å². The molecule has 1 aromatic rings. The van der Waals surface area contributed by atoms with Crippen LogP contribution in [-0.4, -0.2) is 36.8 Å². The molecule has 0 saturated heterocycles. The lowest BCUT2D eigenvalue weighted by molar-refractivity contribution is 0.125. The van der Waals surface area contributed by atoms with Gasteiger partial charge in [-0.25, -0.2) is 0 Å². The normalized spacial score (nSPS) is 12.9. The first-order valence-electron chi connectivity index (χ1n) is 7.05. The van der Waals surface area contributed by atoms with E-state index in [0.717, 1.165) is 19.4 Å². The molecule has 2 nitrogen and oxygen atoms in total. The van der Waals surface area contributed by atoms with Crippen molar-refractivity contribution in [2.24, 2.45) is 0 Å². The second-order valence-corrected chi connectivity index (χ2v) is 5.35. The zero-order chi connectivity index (χ0) is 13.2. The van der Waals surface area contributed by atoms with Gasteiger partial charge in [-0.15, -0.1) is 0 Å². The number of aryl methyl sites for hydroxylation is 1. The van der Waals surface area contributed by atoms with E-state index in [1.54, 1.807) is 0 Å². The Morgan fingerprint density at radius 1 is 1.00 bits per heavy atom. The highest BCUT2D eigenvalue weighted by Crippen LogP contribution is 2.10. The van der Waals surface area contributed by atoms with Crippen LogP contribution in [0, 0.1) is 0 Å². The van der Waals surface area contributed by atoms with E-state index in [9.17, 15) is 5.11 Å². The summed E-state index contributed by atoms with van der Waals surface area (Å²) in [6.07, 6.45) is 6.86. The monoisotopic (exact) mass is 249 g/mol. The third-order valence-corrected chi connectivity index (χ3v) is 3.17. The molecule has 0 heterocycles. The minimum atomic E-state index is -0.158. The Balaban J connectivity index is 1.96. The largest absolute Gasteiger partial charge is 0.392 e. The molecule has 0 aliphatic rings. The van der Waals surface area contributed by atoms with Crippen molar-refractivity contribution in [2.45, 2.75) is 44.6 Å². The summed E-state index contributed by atoms with van der Waals surface area (Å²) in [5.41, 5.74) is 1.44. The molecule has 0 bridgehead atoms. The van der Waals surface area contributed by atoms with Gasteiger partial charge in [0.2, 0.25) is 0 Å². The molecule has 0 aromatic heterocycles. The maximum Gasteiger partial charge on any atom is 0.0666 e. The second-order valence-electron chi connectivity index (χ2n) is 5.35. The molecule has 0 saturated carbocycles. The van der Waals surface area contributed by atoms with Crippen molar-refractivity contribution >= 4 is 0 Å². The van der Waals surface area contributed by atoms with Crippen molar-refractivity contribution in [3.63, 3.8) is 0 Å². The van der Waals surface area contributed by atoms with Gasteiger partial charge in [0.1, 0.15) is 0 Å². The Kier molecular flexibility index (Phi) is 7.70. The lowest BCUT2D eigenvalue weighted by Gasteiger charge is -2.15. The SMILES string of the molecule is CN(C)C[C@H](O)CCCCCCc1ccccc1. The first kappa shape index (κ1) is 15.2.